The number of aromatic nitrogens is 3. The number of rotatable bonds is 2. The Bertz CT molecular complexity index is 702. The summed E-state index contributed by atoms with van der Waals surface area (Å²) in [6, 6.07) is 12.4. The smallest absolute Gasteiger partial charge is 0.0887 e. The van der Waals surface area contributed by atoms with Gasteiger partial charge in [-0.1, -0.05) is 6.07 Å². The molecule has 0 radical (unpaired) electrons. The van der Waals surface area contributed by atoms with Crippen molar-refractivity contribution in [1.82, 2.24) is 14.5 Å². The van der Waals surface area contributed by atoms with E-state index in [1.807, 2.05) is 31.5 Å². The molecular weight excluding hydrogens is 246 g/mol. The molecule has 3 heteroatoms. The topological polar surface area (TPSA) is 30.7 Å². The molecule has 0 bridgehead atoms. The highest BCUT2D eigenvalue weighted by atomic mass is 15.0. The molecule has 3 rings (SSSR count). The molecule has 0 saturated heterocycles. The van der Waals surface area contributed by atoms with Crippen molar-refractivity contribution in [2.24, 2.45) is 0 Å². The summed E-state index contributed by atoms with van der Waals surface area (Å²) in [5.41, 5.74) is 6.47. The second-order valence-corrected chi connectivity index (χ2v) is 5.07. The number of aryl methyl sites for hydroxylation is 3. The lowest BCUT2D eigenvalue weighted by Crippen LogP contribution is -1.99. The van der Waals surface area contributed by atoms with Crippen LogP contribution in [-0.4, -0.2) is 14.5 Å². The highest BCUT2D eigenvalue weighted by Gasteiger charge is 2.05. The van der Waals surface area contributed by atoms with Crippen LogP contribution in [-0.2, 0) is 0 Å². The van der Waals surface area contributed by atoms with Gasteiger partial charge in [0.1, 0.15) is 0 Å². The number of hydrogen-bond donors (Lipinski definition) is 0. The van der Waals surface area contributed by atoms with Crippen molar-refractivity contribution in [3.63, 3.8) is 0 Å². The van der Waals surface area contributed by atoms with E-state index in [4.69, 9.17) is 0 Å². The molecule has 3 heterocycles. The number of nitrogens with zero attached hydrogens (tertiary/aromatic N) is 3. The Labute approximate surface area is 118 Å². The molecule has 3 nitrogen and oxygen atoms in total. The van der Waals surface area contributed by atoms with E-state index in [-0.39, 0.29) is 0 Å². The molecule has 0 spiro atoms. The van der Waals surface area contributed by atoms with Crippen molar-refractivity contribution in [3.8, 4) is 17.1 Å². The first kappa shape index (κ1) is 12.6. The Balaban J connectivity index is 1.98. The summed E-state index contributed by atoms with van der Waals surface area (Å²) in [7, 11) is 0. The molecule has 100 valence electrons. The van der Waals surface area contributed by atoms with Crippen molar-refractivity contribution in [3.05, 3.63) is 65.7 Å². The summed E-state index contributed by atoms with van der Waals surface area (Å²) in [5.74, 6) is 0. The van der Waals surface area contributed by atoms with Crippen LogP contribution in [0.1, 0.15) is 17.0 Å². The summed E-state index contributed by atoms with van der Waals surface area (Å²) in [6.07, 6.45) is 3.77. The Morgan fingerprint density at radius 1 is 0.700 bits per heavy atom. The summed E-state index contributed by atoms with van der Waals surface area (Å²) < 4.78 is 2.19. The lowest BCUT2D eigenvalue weighted by atomic mass is 10.2. The third-order valence-electron chi connectivity index (χ3n) is 3.45. The number of pyridine rings is 2. The average molecular weight is 263 g/mol. The normalized spacial score (nSPS) is 10.8. The molecule has 0 unspecified atom stereocenters. The van der Waals surface area contributed by atoms with E-state index in [0.717, 1.165) is 22.6 Å². The van der Waals surface area contributed by atoms with Gasteiger partial charge in [0.15, 0.2) is 0 Å². The monoisotopic (exact) mass is 263 g/mol. The molecule has 0 N–H and O–H groups in total. The fourth-order valence-electron chi connectivity index (χ4n) is 2.36. The van der Waals surface area contributed by atoms with Crippen LogP contribution in [0.25, 0.3) is 17.1 Å². The standard InChI is InChI=1S/C17H17N3/c1-12-4-8-16(18-10-12)17-9-7-15(11-19-17)20-13(2)5-6-14(20)3/h4-11H,1-3H3. The van der Waals surface area contributed by atoms with Crippen LogP contribution < -0.4 is 0 Å². The van der Waals surface area contributed by atoms with Gasteiger partial charge >= 0.3 is 0 Å². The van der Waals surface area contributed by atoms with E-state index < -0.39 is 0 Å². The fraction of sp³-hybridized carbons (Fsp3) is 0.176. The van der Waals surface area contributed by atoms with Crippen molar-refractivity contribution in [2.75, 3.05) is 0 Å². The van der Waals surface area contributed by atoms with Crippen LogP contribution in [0.5, 0.6) is 0 Å². The van der Waals surface area contributed by atoms with Gasteiger partial charge in [0, 0.05) is 17.6 Å². The Hall–Kier alpha value is -2.42. The Kier molecular flexibility index (Phi) is 3.11. The van der Waals surface area contributed by atoms with Gasteiger partial charge in [0.25, 0.3) is 0 Å². The van der Waals surface area contributed by atoms with E-state index in [1.54, 1.807) is 0 Å². The first-order valence-corrected chi connectivity index (χ1v) is 6.69. The molecule has 0 aliphatic heterocycles. The Morgan fingerprint density at radius 3 is 1.80 bits per heavy atom. The quantitative estimate of drug-likeness (QED) is 0.703. The largest absolute Gasteiger partial charge is 0.317 e. The molecule has 0 saturated carbocycles. The van der Waals surface area contributed by atoms with E-state index in [2.05, 4.69) is 52.6 Å². The van der Waals surface area contributed by atoms with Crippen LogP contribution in [0.2, 0.25) is 0 Å². The minimum atomic E-state index is 0.899. The SMILES string of the molecule is Cc1ccc(-c2ccc(-n3c(C)ccc3C)cn2)nc1. The molecule has 3 aromatic rings. The van der Waals surface area contributed by atoms with Crippen LogP contribution in [0, 0.1) is 20.8 Å². The van der Waals surface area contributed by atoms with Gasteiger partial charge in [-0.25, -0.2) is 0 Å². The third-order valence-corrected chi connectivity index (χ3v) is 3.45. The molecule has 0 fully saturated rings. The third kappa shape index (κ3) is 2.23. The summed E-state index contributed by atoms with van der Waals surface area (Å²) in [4.78, 5) is 8.94. The molecular formula is C17H17N3. The molecule has 0 atom stereocenters. The minimum absolute atomic E-state index is 0.899. The Morgan fingerprint density at radius 2 is 1.30 bits per heavy atom. The summed E-state index contributed by atoms with van der Waals surface area (Å²) in [6.45, 7) is 6.23. The van der Waals surface area contributed by atoms with Gasteiger partial charge in [-0.3, -0.25) is 9.97 Å². The van der Waals surface area contributed by atoms with Gasteiger partial charge in [-0.15, -0.1) is 0 Å². The lowest BCUT2D eigenvalue weighted by molar-refractivity contribution is 0.956. The van der Waals surface area contributed by atoms with E-state index in [1.165, 1.54) is 11.4 Å². The highest BCUT2D eigenvalue weighted by molar-refractivity contribution is 5.55. The maximum Gasteiger partial charge on any atom is 0.0887 e. The highest BCUT2D eigenvalue weighted by Crippen LogP contribution is 2.19. The van der Waals surface area contributed by atoms with Gasteiger partial charge in [0.05, 0.1) is 23.3 Å². The van der Waals surface area contributed by atoms with Crippen LogP contribution >= 0.6 is 0 Å². The van der Waals surface area contributed by atoms with Crippen molar-refractivity contribution in [1.29, 1.82) is 0 Å². The van der Waals surface area contributed by atoms with Crippen LogP contribution in [0.15, 0.2) is 48.8 Å². The molecule has 0 aromatic carbocycles. The zero-order valence-electron chi connectivity index (χ0n) is 12.0. The average Bonchev–Trinajstić information content (AvgIpc) is 2.79. The van der Waals surface area contributed by atoms with E-state index >= 15 is 0 Å². The maximum absolute atomic E-state index is 4.53. The predicted molar refractivity (Wildman–Crippen MR) is 81.0 cm³/mol. The molecule has 3 aromatic heterocycles. The molecule has 0 aliphatic carbocycles. The molecule has 0 aliphatic rings. The molecule has 20 heavy (non-hydrogen) atoms. The predicted octanol–water partition coefficient (Wildman–Crippen LogP) is 3.86. The minimum Gasteiger partial charge on any atom is -0.317 e. The summed E-state index contributed by atoms with van der Waals surface area (Å²) in [5, 5.41) is 0. The summed E-state index contributed by atoms with van der Waals surface area (Å²) >= 11 is 0. The van der Waals surface area contributed by atoms with Crippen molar-refractivity contribution in [2.45, 2.75) is 20.8 Å². The van der Waals surface area contributed by atoms with Crippen molar-refractivity contribution < 1.29 is 0 Å². The van der Waals surface area contributed by atoms with Gasteiger partial charge in [0.2, 0.25) is 0 Å². The maximum atomic E-state index is 4.53. The fourth-order valence-corrected chi connectivity index (χ4v) is 2.36. The van der Waals surface area contributed by atoms with Gasteiger partial charge in [-0.2, -0.15) is 0 Å². The van der Waals surface area contributed by atoms with Crippen molar-refractivity contribution >= 4 is 0 Å². The molecule has 0 amide bonds. The first-order chi connectivity index (χ1) is 9.65. The van der Waals surface area contributed by atoms with Gasteiger partial charge in [-0.05, 0) is 56.7 Å². The second kappa shape index (κ2) is 4.93. The van der Waals surface area contributed by atoms with Crippen LogP contribution in [0.4, 0.5) is 0 Å². The second-order valence-electron chi connectivity index (χ2n) is 5.07. The number of hydrogen-bond acceptors (Lipinski definition) is 2. The van der Waals surface area contributed by atoms with E-state index in [0.29, 0.717) is 0 Å². The van der Waals surface area contributed by atoms with E-state index in [9.17, 15) is 0 Å². The van der Waals surface area contributed by atoms with Gasteiger partial charge < -0.3 is 4.57 Å². The zero-order valence-corrected chi connectivity index (χ0v) is 12.0. The van der Waals surface area contributed by atoms with Crippen LogP contribution in [0.3, 0.4) is 0 Å². The first-order valence-electron chi connectivity index (χ1n) is 6.69. The lowest BCUT2D eigenvalue weighted by Gasteiger charge is -2.09. The zero-order chi connectivity index (χ0) is 14.1.